The highest BCUT2D eigenvalue weighted by Gasteiger charge is 2.38. The van der Waals surface area contributed by atoms with Crippen LogP contribution in [0.3, 0.4) is 0 Å². The van der Waals surface area contributed by atoms with Crippen molar-refractivity contribution in [2.75, 3.05) is 6.61 Å². The minimum Gasteiger partial charge on any atom is -0.367 e. The summed E-state index contributed by atoms with van der Waals surface area (Å²) in [7, 11) is 0. The van der Waals surface area contributed by atoms with Crippen molar-refractivity contribution in [2.24, 2.45) is 11.7 Å². The highest BCUT2D eigenvalue weighted by Crippen LogP contribution is 2.38. The Morgan fingerprint density at radius 3 is 2.45 bits per heavy atom. The van der Waals surface area contributed by atoms with Gasteiger partial charge in [0.05, 0.1) is 6.04 Å². The molecule has 1 aromatic heterocycles. The molecule has 5 nitrogen and oxygen atoms in total. The summed E-state index contributed by atoms with van der Waals surface area (Å²) in [5.74, 6) is 1.49. The molecule has 0 aromatic carbocycles. The summed E-state index contributed by atoms with van der Waals surface area (Å²) in [5.41, 5.74) is 5.72. The highest BCUT2D eigenvalue weighted by atomic mass is 16.5. The van der Waals surface area contributed by atoms with Gasteiger partial charge in [-0.1, -0.05) is 44.7 Å². The third-order valence-electron chi connectivity index (χ3n) is 4.18. The molecule has 0 aliphatic heterocycles. The van der Waals surface area contributed by atoms with E-state index in [1.54, 1.807) is 0 Å². The van der Waals surface area contributed by atoms with E-state index in [2.05, 4.69) is 24.0 Å². The summed E-state index contributed by atoms with van der Waals surface area (Å²) in [5, 5.41) is 4.18. The first kappa shape index (κ1) is 15.4. The molecule has 1 heterocycles. The number of ether oxygens (including phenoxy) is 1. The number of hydrogen-bond acceptors (Lipinski definition) is 5. The molecular formula is C15H27N3O2. The van der Waals surface area contributed by atoms with Crippen LogP contribution < -0.4 is 5.73 Å². The maximum atomic E-state index is 6.09. The van der Waals surface area contributed by atoms with E-state index < -0.39 is 0 Å². The molecular weight excluding hydrogens is 254 g/mol. The number of rotatable bonds is 5. The lowest BCUT2D eigenvalue weighted by atomic mass is 9.93. The van der Waals surface area contributed by atoms with Crippen molar-refractivity contribution in [3.8, 4) is 0 Å². The number of aromatic nitrogens is 2. The van der Waals surface area contributed by atoms with Crippen molar-refractivity contribution < 1.29 is 9.26 Å². The highest BCUT2D eigenvalue weighted by molar-refractivity contribution is 5.04. The molecule has 0 spiro atoms. The van der Waals surface area contributed by atoms with Gasteiger partial charge in [-0.25, -0.2) is 0 Å². The minimum atomic E-state index is -0.371. The van der Waals surface area contributed by atoms with E-state index in [0.717, 1.165) is 25.7 Å². The zero-order valence-corrected chi connectivity index (χ0v) is 12.9. The van der Waals surface area contributed by atoms with Crippen LogP contribution in [0.1, 0.15) is 77.1 Å². The Bertz CT molecular complexity index is 409. The maximum Gasteiger partial charge on any atom is 0.243 e. The molecule has 1 atom stereocenters. The first-order chi connectivity index (χ1) is 9.59. The van der Waals surface area contributed by atoms with Crippen molar-refractivity contribution in [1.82, 2.24) is 10.1 Å². The van der Waals surface area contributed by atoms with Crippen molar-refractivity contribution >= 4 is 0 Å². The van der Waals surface area contributed by atoms with Gasteiger partial charge in [-0.15, -0.1) is 0 Å². The van der Waals surface area contributed by atoms with Gasteiger partial charge in [-0.05, 0) is 25.7 Å². The Balaban J connectivity index is 2.25. The van der Waals surface area contributed by atoms with Gasteiger partial charge in [0, 0.05) is 6.61 Å². The normalized spacial score (nSPS) is 20.9. The molecule has 5 heteroatoms. The molecule has 1 aliphatic rings. The molecule has 1 saturated carbocycles. The molecule has 2 rings (SSSR count). The van der Waals surface area contributed by atoms with E-state index in [0.29, 0.717) is 18.3 Å². The average Bonchev–Trinajstić information content (AvgIpc) is 2.80. The molecule has 0 amide bonds. The molecule has 2 N–H and O–H groups in total. The molecule has 0 radical (unpaired) electrons. The molecule has 0 unspecified atom stereocenters. The van der Waals surface area contributed by atoms with Crippen LogP contribution in [0, 0.1) is 5.92 Å². The number of nitrogens with zero attached hydrogens (tertiary/aromatic N) is 2. The predicted octanol–water partition coefficient (Wildman–Crippen LogP) is 3.31. The van der Waals surface area contributed by atoms with Gasteiger partial charge in [0.25, 0.3) is 0 Å². The number of nitrogens with two attached hydrogens (primary N) is 1. The van der Waals surface area contributed by atoms with Gasteiger partial charge in [0.15, 0.2) is 0 Å². The van der Waals surface area contributed by atoms with Crippen molar-refractivity contribution in [3.63, 3.8) is 0 Å². The molecule has 20 heavy (non-hydrogen) atoms. The van der Waals surface area contributed by atoms with Crippen LogP contribution in [-0.2, 0) is 10.3 Å². The molecule has 114 valence electrons. The van der Waals surface area contributed by atoms with Crippen LogP contribution in [0.5, 0.6) is 0 Å². The topological polar surface area (TPSA) is 74.2 Å². The summed E-state index contributed by atoms with van der Waals surface area (Å²) < 4.78 is 11.5. The zero-order chi connectivity index (χ0) is 14.6. The Morgan fingerprint density at radius 1 is 1.25 bits per heavy atom. The van der Waals surface area contributed by atoms with Gasteiger partial charge in [-0.3, -0.25) is 0 Å². The fraction of sp³-hybridized carbons (Fsp3) is 0.867. The smallest absolute Gasteiger partial charge is 0.243 e. The van der Waals surface area contributed by atoms with Gasteiger partial charge in [0.2, 0.25) is 11.7 Å². The van der Waals surface area contributed by atoms with Crippen LogP contribution in [0.4, 0.5) is 0 Å². The Hall–Kier alpha value is -0.940. The summed E-state index contributed by atoms with van der Waals surface area (Å²) in [6.45, 7) is 6.80. The fourth-order valence-corrected chi connectivity index (χ4v) is 2.85. The second kappa shape index (κ2) is 6.68. The van der Waals surface area contributed by atoms with Crippen LogP contribution in [0.15, 0.2) is 4.52 Å². The van der Waals surface area contributed by atoms with Crippen LogP contribution in [-0.4, -0.2) is 16.7 Å². The lowest BCUT2D eigenvalue weighted by Crippen LogP contribution is -2.31. The number of hydrogen-bond donors (Lipinski definition) is 1. The van der Waals surface area contributed by atoms with E-state index in [9.17, 15) is 0 Å². The average molecular weight is 281 g/mol. The minimum absolute atomic E-state index is 0.208. The third kappa shape index (κ3) is 3.20. The predicted molar refractivity (Wildman–Crippen MR) is 77.1 cm³/mol. The molecule has 1 aromatic rings. The Kier molecular flexibility index (Phi) is 5.16. The Morgan fingerprint density at radius 2 is 1.90 bits per heavy atom. The first-order valence-electron chi connectivity index (χ1n) is 7.82. The lowest BCUT2D eigenvalue weighted by molar-refractivity contribution is -0.0636. The standard InChI is InChI=1S/C15H27N3O2/c1-4-19-15(9-7-5-6-8-10-15)14-17-13(20-18-14)12(16)11(2)3/h11-12H,4-10,16H2,1-3H3/t12-/m1/s1. The van der Waals surface area contributed by atoms with Crippen LogP contribution >= 0.6 is 0 Å². The van der Waals surface area contributed by atoms with Crippen molar-refractivity contribution in [3.05, 3.63) is 11.7 Å². The van der Waals surface area contributed by atoms with E-state index in [-0.39, 0.29) is 17.6 Å². The van der Waals surface area contributed by atoms with Crippen molar-refractivity contribution in [1.29, 1.82) is 0 Å². The zero-order valence-electron chi connectivity index (χ0n) is 12.9. The van der Waals surface area contributed by atoms with Crippen LogP contribution in [0.2, 0.25) is 0 Å². The monoisotopic (exact) mass is 281 g/mol. The first-order valence-corrected chi connectivity index (χ1v) is 7.82. The second-order valence-corrected chi connectivity index (χ2v) is 6.07. The van der Waals surface area contributed by atoms with Gasteiger partial charge >= 0.3 is 0 Å². The van der Waals surface area contributed by atoms with Gasteiger partial charge in [0.1, 0.15) is 5.60 Å². The summed E-state index contributed by atoms with van der Waals surface area (Å²) in [6.07, 6.45) is 6.75. The second-order valence-electron chi connectivity index (χ2n) is 6.07. The van der Waals surface area contributed by atoms with Crippen LogP contribution in [0.25, 0.3) is 0 Å². The van der Waals surface area contributed by atoms with Crippen molar-refractivity contribution in [2.45, 2.75) is 70.9 Å². The van der Waals surface area contributed by atoms with E-state index in [1.807, 2.05) is 6.92 Å². The summed E-state index contributed by atoms with van der Waals surface area (Å²) in [6, 6.07) is -0.208. The SMILES string of the molecule is CCOC1(c2noc([C@H](N)C(C)C)n2)CCCCCC1. The Labute approximate surface area is 121 Å². The van der Waals surface area contributed by atoms with Gasteiger partial charge < -0.3 is 15.0 Å². The third-order valence-corrected chi connectivity index (χ3v) is 4.18. The van der Waals surface area contributed by atoms with E-state index in [4.69, 9.17) is 15.0 Å². The quantitative estimate of drug-likeness (QED) is 0.838. The molecule has 0 saturated heterocycles. The summed E-state index contributed by atoms with van der Waals surface area (Å²) >= 11 is 0. The maximum absolute atomic E-state index is 6.09. The molecule has 1 fully saturated rings. The molecule has 0 bridgehead atoms. The fourth-order valence-electron chi connectivity index (χ4n) is 2.85. The molecule has 1 aliphatic carbocycles. The largest absolute Gasteiger partial charge is 0.367 e. The summed E-state index contributed by atoms with van der Waals surface area (Å²) in [4.78, 5) is 4.56. The lowest BCUT2D eigenvalue weighted by Gasteiger charge is -2.29. The van der Waals surface area contributed by atoms with E-state index >= 15 is 0 Å². The van der Waals surface area contributed by atoms with E-state index in [1.165, 1.54) is 12.8 Å². The van der Waals surface area contributed by atoms with Gasteiger partial charge in [-0.2, -0.15) is 4.98 Å².